The molecule has 2 aromatic carbocycles. The lowest BCUT2D eigenvalue weighted by Gasteiger charge is -2.35. The van der Waals surface area contributed by atoms with Gasteiger partial charge in [-0.25, -0.2) is 0 Å². The van der Waals surface area contributed by atoms with Crippen molar-refractivity contribution in [3.05, 3.63) is 94.4 Å². The topological polar surface area (TPSA) is 74.6 Å². The predicted octanol–water partition coefficient (Wildman–Crippen LogP) is 2.47. The Morgan fingerprint density at radius 3 is 2.42 bits per heavy atom. The highest BCUT2D eigenvalue weighted by molar-refractivity contribution is 5.80. The number of likely N-dealkylation sites (N-methyl/N-ethyl adjacent to an activating group) is 1. The molecule has 0 spiro atoms. The van der Waals surface area contributed by atoms with Gasteiger partial charge in [0.15, 0.2) is 0 Å². The Balaban J connectivity index is 1.43. The molecule has 1 fully saturated rings. The number of benzene rings is 2. The molecule has 6 nitrogen and oxygen atoms in total. The van der Waals surface area contributed by atoms with E-state index in [1.54, 1.807) is 0 Å². The molecule has 1 amide bonds. The Morgan fingerprint density at radius 1 is 1.03 bits per heavy atom. The summed E-state index contributed by atoms with van der Waals surface area (Å²) in [6.07, 6.45) is 0.753. The van der Waals surface area contributed by atoms with Gasteiger partial charge in [0.1, 0.15) is 0 Å². The minimum Gasteiger partial charge on any atom is -0.396 e. The van der Waals surface area contributed by atoms with Crippen molar-refractivity contribution in [2.75, 3.05) is 20.2 Å². The zero-order chi connectivity index (χ0) is 22.9. The van der Waals surface area contributed by atoms with Crippen LogP contribution in [-0.2, 0) is 17.8 Å². The van der Waals surface area contributed by atoms with Gasteiger partial charge in [0.25, 0.3) is 5.56 Å². The van der Waals surface area contributed by atoms with Gasteiger partial charge in [-0.2, -0.15) is 0 Å². The number of aliphatic hydroxyl groups is 1. The van der Waals surface area contributed by atoms with Crippen molar-refractivity contribution in [3.8, 4) is 11.1 Å². The van der Waals surface area contributed by atoms with Crippen molar-refractivity contribution in [1.82, 2.24) is 14.8 Å². The lowest BCUT2D eigenvalue weighted by atomic mass is 9.86. The van der Waals surface area contributed by atoms with Gasteiger partial charge in [0.2, 0.25) is 5.91 Å². The number of amides is 1. The van der Waals surface area contributed by atoms with Crippen LogP contribution < -0.4 is 10.9 Å². The van der Waals surface area contributed by atoms with E-state index in [0.29, 0.717) is 18.7 Å². The smallest absolute Gasteiger partial charge is 0.258 e. The molecule has 6 heteroatoms. The third kappa shape index (κ3) is 3.79. The number of aliphatic hydroxyl groups excluding tert-OH is 1. The molecule has 2 aliphatic rings. The zero-order valence-electron chi connectivity index (χ0n) is 18.7. The van der Waals surface area contributed by atoms with E-state index >= 15 is 0 Å². The summed E-state index contributed by atoms with van der Waals surface area (Å²) < 4.78 is 1.82. The van der Waals surface area contributed by atoms with E-state index in [2.05, 4.69) is 10.2 Å². The second kappa shape index (κ2) is 8.96. The predicted molar refractivity (Wildman–Crippen MR) is 128 cm³/mol. The summed E-state index contributed by atoms with van der Waals surface area (Å²) in [5, 5.41) is 13.3. The Labute approximate surface area is 193 Å². The van der Waals surface area contributed by atoms with Crippen molar-refractivity contribution in [1.29, 1.82) is 0 Å². The van der Waals surface area contributed by atoms with Crippen LogP contribution in [0.25, 0.3) is 11.1 Å². The summed E-state index contributed by atoms with van der Waals surface area (Å²) in [4.78, 5) is 28.9. The summed E-state index contributed by atoms with van der Waals surface area (Å²) in [6.45, 7) is 0.926. The standard InChI is InChI=1S/C27H29N3O3/c1-29-23-16-30-22(13-12-20(27(30)33)19-10-6-3-7-11-19)25(29)24(21(23)17-31)26(32)28-15-14-18-8-4-2-5-9-18/h2-13,21,23-25,31H,14-17H2,1H3,(H,28,32)/t21-,23-,24+,25+/m1/s1. The van der Waals surface area contributed by atoms with Crippen molar-refractivity contribution in [3.63, 3.8) is 0 Å². The molecule has 2 bridgehead atoms. The first-order valence-corrected chi connectivity index (χ1v) is 11.5. The van der Waals surface area contributed by atoms with Crippen LogP contribution in [0.1, 0.15) is 17.3 Å². The average molecular weight is 444 g/mol. The number of pyridine rings is 1. The molecule has 0 radical (unpaired) electrons. The van der Waals surface area contributed by atoms with Gasteiger partial charge in [-0.05, 0) is 36.7 Å². The van der Waals surface area contributed by atoms with Crippen molar-refractivity contribution in [2.45, 2.75) is 25.0 Å². The van der Waals surface area contributed by atoms with Crippen molar-refractivity contribution >= 4 is 5.91 Å². The van der Waals surface area contributed by atoms with Crippen LogP contribution in [0.3, 0.4) is 0 Å². The molecule has 3 aromatic rings. The molecule has 0 saturated carbocycles. The summed E-state index contributed by atoms with van der Waals surface area (Å²) in [5.74, 6) is -0.690. The van der Waals surface area contributed by atoms with Crippen LogP contribution in [-0.4, -0.2) is 46.7 Å². The van der Waals surface area contributed by atoms with Crippen molar-refractivity contribution in [2.24, 2.45) is 11.8 Å². The molecule has 1 aromatic heterocycles. The third-order valence-electron chi connectivity index (χ3n) is 7.29. The van der Waals surface area contributed by atoms with Gasteiger partial charge in [0.05, 0.1) is 12.0 Å². The molecule has 170 valence electrons. The Kier molecular flexibility index (Phi) is 5.87. The third-order valence-corrected chi connectivity index (χ3v) is 7.29. The molecule has 3 heterocycles. The van der Waals surface area contributed by atoms with Crippen LogP contribution in [0, 0.1) is 11.8 Å². The molecule has 5 rings (SSSR count). The first-order chi connectivity index (χ1) is 16.1. The fraction of sp³-hybridized carbons (Fsp3) is 0.333. The molecule has 0 unspecified atom stereocenters. The molecule has 2 aliphatic heterocycles. The normalized spacial score (nSPS) is 23.8. The Hall–Kier alpha value is -3.22. The summed E-state index contributed by atoms with van der Waals surface area (Å²) in [6, 6.07) is 23.3. The molecule has 33 heavy (non-hydrogen) atoms. The highest BCUT2D eigenvalue weighted by atomic mass is 16.3. The highest BCUT2D eigenvalue weighted by Gasteiger charge is 2.54. The highest BCUT2D eigenvalue weighted by Crippen LogP contribution is 2.47. The van der Waals surface area contributed by atoms with E-state index in [1.165, 1.54) is 5.56 Å². The number of nitrogens with one attached hydrogen (secondary N) is 1. The average Bonchev–Trinajstić information content (AvgIpc) is 3.02. The summed E-state index contributed by atoms with van der Waals surface area (Å²) >= 11 is 0. The largest absolute Gasteiger partial charge is 0.396 e. The van der Waals surface area contributed by atoms with Gasteiger partial charge in [-0.15, -0.1) is 0 Å². The summed E-state index contributed by atoms with van der Waals surface area (Å²) in [7, 11) is 1.99. The molecule has 4 atom stereocenters. The maximum Gasteiger partial charge on any atom is 0.258 e. The SMILES string of the molecule is CN1[C@@H]2Cn3c(ccc(-c4ccccc4)c3=O)[C@H]1[C@@H](C(=O)NCCc1ccccc1)[C@@H]2CO. The maximum atomic E-state index is 13.4. The minimum absolute atomic E-state index is 0.0383. The fourth-order valence-electron chi connectivity index (χ4n) is 5.62. The second-order valence-electron chi connectivity index (χ2n) is 9.03. The molecule has 1 saturated heterocycles. The van der Waals surface area contributed by atoms with E-state index in [0.717, 1.165) is 17.7 Å². The van der Waals surface area contributed by atoms with Crippen LogP contribution in [0.15, 0.2) is 77.6 Å². The van der Waals surface area contributed by atoms with E-state index < -0.39 is 5.92 Å². The van der Waals surface area contributed by atoms with Gasteiger partial charge >= 0.3 is 0 Å². The monoisotopic (exact) mass is 443 g/mol. The minimum atomic E-state index is -0.406. The van der Waals surface area contributed by atoms with Crippen LogP contribution >= 0.6 is 0 Å². The van der Waals surface area contributed by atoms with Gasteiger partial charge < -0.3 is 15.0 Å². The molecular weight excluding hydrogens is 414 g/mol. The van der Waals surface area contributed by atoms with E-state index in [4.69, 9.17) is 0 Å². The number of hydrogen-bond donors (Lipinski definition) is 2. The maximum absolute atomic E-state index is 13.4. The summed E-state index contributed by atoms with van der Waals surface area (Å²) in [5.41, 5.74) is 3.52. The van der Waals surface area contributed by atoms with Crippen LogP contribution in [0.2, 0.25) is 0 Å². The molecule has 0 aliphatic carbocycles. The molecule has 2 N–H and O–H groups in total. The number of aromatic nitrogens is 1. The second-order valence-corrected chi connectivity index (χ2v) is 9.03. The van der Waals surface area contributed by atoms with Gasteiger partial charge in [-0.1, -0.05) is 60.7 Å². The number of fused-ring (bicyclic) bond motifs is 4. The van der Waals surface area contributed by atoms with Crippen LogP contribution in [0.4, 0.5) is 0 Å². The Bertz CT molecular complexity index is 1190. The number of hydrogen-bond acceptors (Lipinski definition) is 4. The van der Waals surface area contributed by atoms with Gasteiger partial charge in [0, 0.05) is 42.9 Å². The Morgan fingerprint density at radius 2 is 1.73 bits per heavy atom. The number of carbonyl (C=O) groups excluding carboxylic acids is 1. The van der Waals surface area contributed by atoms with Crippen molar-refractivity contribution < 1.29 is 9.90 Å². The number of rotatable bonds is 6. The van der Waals surface area contributed by atoms with Crippen LogP contribution in [0.5, 0.6) is 0 Å². The lowest BCUT2D eigenvalue weighted by molar-refractivity contribution is -0.127. The van der Waals surface area contributed by atoms with E-state index in [9.17, 15) is 14.7 Å². The van der Waals surface area contributed by atoms with Gasteiger partial charge in [-0.3, -0.25) is 14.5 Å². The van der Waals surface area contributed by atoms with E-state index in [1.807, 2.05) is 84.4 Å². The molecular formula is C27H29N3O3. The number of carbonyl (C=O) groups is 1. The lowest BCUT2D eigenvalue weighted by Crippen LogP contribution is -2.44. The quantitative estimate of drug-likeness (QED) is 0.614. The zero-order valence-corrected chi connectivity index (χ0v) is 18.7. The first kappa shape index (κ1) is 21.6. The number of nitrogens with zero attached hydrogens (tertiary/aromatic N) is 2. The first-order valence-electron chi connectivity index (χ1n) is 11.5. The van der Waals surface area contributed by atoms with E-state index in [-0.39, 0.29) is 36.1 Å². The fourth-order valence-corrected chi connectivity index (χ4v) is 5.62.